The molecular weight excluding hydrogens is 405 g/mol. The fraction of sp³-hybridized carbons (Fsp3) is 0.455. The summed E-state index contributed by atoms with van der Waals surface area (Å²) >= 11 is 0. The zero-order valence-corrected chi connectivity index (χ0v) is 17.6. The van der Waals surface area contributed by atoms with Crippen molar-refractivity contribution in [3.8, 4) is 0 Å². The van der Waals surface area contributed by atoms with Crippen LogP contribution in [0.5, 0.6) is 0 Å². The maximum atomic E-state index is 15.1. The van der Waals surface area contributed by atoms with E-state index in [0.717, 1.165) is 18.9 Å². The summed E-state index contributed by atoms with van der Waals surface area (Å²) in [5.41, 5.74) is -0.411. The number of rotatable bonds is 4. The third kappa shape index (κ3) is 4.17. The number of nitrogens with zero attached hydrogens (tertiary/aromatic N) is 2. The first-order chi connectivity index (χ1) is 14.5. The lowest BCUT2D eigenvalue weighted by molar-refractivity contribution is 0.0544. The van der Waals surface area contributed by atoms with Crippen LogP contribution in [0.15, 0.2) is 22.8 Å². The van der Waals surface area contributed by atoms with Crippen molar-refractivity contribution in [3.63, 3.8) is 0 Å². The fourth-order valence-corrected chi connectivity index (χ4v) is 3.81. The molecule has 2 aliphatic rings. The largest absolute Gasteiger partial charge is 0.477 e. The summed E-state index contributed by atoms with van der Waals surface area (Å²) in [5.74, 6) is -2.08. The van der Waals surface area contributed by atoms with Crippen molar-refractivity contribution >= 4 is 28.7 Å². The molecule has 0 spiro atoms. The molecule has 9 heteroatoms. The number of carbonyl (C=O) groups is 2. The molecule has 8 nitrogen and oxygen atoms in total. The maximum absolute atomic E-state index is 15.1. The Morgan fingerprint density at radius 3 is 2.61 bits per heavy atom. The molecule has 2 aromatic rings. The molecule has 0 atom stereocenters. The highest BCUT2D eigenvalue weighted by molar-refractivity contribution is 5.92. The smallest absolute Gasteiger partial charge is 0.411 e. The number of carbonyl (C=O) groups excluding carboxylic acids is 1. The molecule has 164 valence electrons. The van der Waals surface area contributed by atoms with Crippen LogP contribution in [0.3, 0.4) is 0 Å². The van der Waals surface area contributed by atoms with Gasteiger partial charge in [0.2, 0.25) is 5.43 Å². The van der Waals surface area contributed by atoms with E-state index < -0.39 is 34.5 Å². The van der Waals surface area contributed by atoms with Crippen LogP contribution in [0, 0.1) is 5.82 Å². The molecular formula is C22H24FN3O5. The lowest BCUT2D eigenvalue weighted by atomic mass is 10.1. The van der Waals surface area contributed by atoms with E-state index >= 15 is 4.39 Å². The van der Waals surface area contributed by atoms with Gasteiger partial charge in [-0.15, -0.1) is 0 Å². The zero-order valence-electron chi connectivity index (χ0n) is 17.6. The van der Waals surface area contributed by atoms with E-state index in [1.165, 1.54) is 6.20 Å². The third-order valence-corrected chi connectivity index (χ3v) is 5.28. The molecule has 1 fully saturated rings. The predicted octanol–water partition coefficient (Wildman–Crippen LogP) is 3.99. The number of halogens is 1. The Balaban J connectivity index is 1.82. The van der Waals surface area contributed by atoms with E-state index in [2.05, 4.69) is 10.3 Å². The summed E-state index contributed by atoms with van der Waals surface area (Å²) in [5, 5.41) is 12.0. The second-order valence-corrected chi connectivity index (χ2v) is 8.94. The van der Waals surface area contributed by atoms with Crippen molar-refractivity contribution < 1.29 is 23.8 Å². The summed E-state index contributed by atoms with van der Waals surface area (Å²) in [7, 11) is 0. The second kappa shape index (κ2) is 7.47. The van der Waals surface area contributed by atoms with E-state index in [9.17, 15) is 19.5 Å². The van der Waals surface area contributed by atoms with Crippen LogP contribution in [0.4, 0.5) is 9.18 Å². The number of nitrogens with one attached hydrogen (secondary N) is 1. The summed E-state index contributed by atoms with van der Waals surface area (Å²) in [6.45, 7) is 5.26. The number of allylic oxidation sites excluding steroid dienone is 2. The van der Waals surface area contributed by atoms with Crippen molar-refractivity contribution in [1.82, 2.24) is 14.9 Å². The first kappa shape index (κ1) is 21.0. The van der Waals surface area contributed by atoms with Gasteiger partial charge in [0.15, 0.2) is 0 Å². The minimum absolute atomic E-state index is 0.0314. The summed E-state index contributed by atoms with van der Waals surface area (Å²) in [6.07, 6.45) is 4.11. The minimum atomic E-state index is -1.35. The summed E-state index contributed by atoms with van der Waals surface area (Å²) < 4.78 is 22.0. The Bertz CT molecular complexity index is 1190. The molecule has 2 aromatic heterocycles. The number of alkyl carbamates (subject to hydrolysis) is 1. The lowest BCUT2D eigenvalue weighted by Crippen LogP contribution is -2.32. The zero-order chi connectivity index (χ0) is 22.5. The van der Waals surface area contributed by atoms with Crippen LogP contribution in [0.1, 0.15) is 75.0 Å². The first-order valence-electron chi connectivity index (χ1n) is 10.3. The van der Waals surface area contributed by atoms with Gasteiger partial charge in [-0.05, 0) is 58.9 Å². The quantitative estimate of drug-likeness (QED) is 0.760. The first-order valence-corrected chi connectivity index (χ1v) is 10.3. The fourth-order valence-electron chi connectivity index (χ4n) is 3.81. The Hall–Kier alpha value is -3.23. The normalized spacial score (nSPS) is 16.6. The van der Waals surface area contributed by atoms with Gasteiger partial charge in [-0.1, -0.05) is 0 Å². The van der Waals surface area contributed by atoms with Gasteiger partial charge in [-0.3, -0.25) is 10.1 Å². The van der Waals surface area contributed by atoms with E-state index in [0.29, 0.717) is 30.5 Å². The number of fused-ring (bicyclic) bond motifs is 1. The van der Waals surface area contributed by atoms with Gasteiger partial charge in [0.05, 0.1) is 5.39 Å². The van der Waals surface area contributed by atoms with E-state index in [-0.39, 0.29) is 22.8 Å². The molecule has 0 aliphatic heterocycles. The molecule has 1 amide bonds. The Kier molecular flexibility index (Phi) is 5.07. The van der Waals surface area contributed by atoms with Crippen molar-refractivity contribution in [2.45, 2.75) is 64.5 Å². The molecule has 0 unspecified atom stereocenters. The van der Waals surface area contributed by atoms with Crippen molar-refractivity contribution in [3.05, 3.63) is 45.3 Å². The summed E-state index contributed by atoms with van der Waals surface area (Å²) in [6, 6.07) is 1.09. The van der Waals surface area contributed by atoms with Crippen LogP contribution in [0.2, 0.25) is 0 Å². The number of amides is 1. The average Bonchev–Trinajstić information content (AvgIpc) is 3.40. The molecule has 0 saturated heterocycles. The molecule has 2 aliphatic carbocycles. The van der Waals surface area contributed by atoms with Crippen LogP contribution in [-0.4, -0.2) is 32.3 Å². The SMILES string of the molecule is CC(C)(C)OC(=O)NC1=C(c2nc3c(cc2F)c(=O)c(C(=O)O)cn3C2CC2)CCC1. The average molecular weight is 429 g/mol. The van der Waals surface area contributed by atoms with Crippen molar-refractivity contribution in [1.29, 1.82) is 0 Å². The third-order valence-electron chi connectivity index (χ3n) is 5.28. The number of carboxylic acid groups (broad SMARTS) is 1. The Morgan fingerprint density at radius 2 is 2.00 bits per heavy atom. The van der Waals surface area contributed by atoms with Crippen molar-refractivity contribution in [2.75, 3.05) is 0 Å². The van der Waals surface area contributed by atoms with Gasteiger partial charge in [0.1, 0.15) is 28.3 Å². The molecule has 2 N–H and O–H groups in total. The standard InChI is InChI=1S/C22H24FN3O5/c1-22(2,3)31-21(30)24-16-6-4-5-12(16)17-15(23)9-13-18(27)14(20(28)29)10-26(11-7-8-11)19(13)25-17/h9-11H,4-8H2,1-3H3,(H,24,30)(H,28,29). The van der Waals surface area contributed by atoms with Crippen LogP contribution in [-0.2, 0) is 4.74 Å². The number of aromatic nitrogens is 2. The van der Waals surface area contributed by atoms with E-state index in [1.54, 1.807) is 25.3 Å². The van der Waals surface area contributed by atoms with E-state index in [4.69, 9.17) is 4.74 Å². The number of carboxylic acids is 1. The Labute approximate surface area is 177 Å². The van der Waals surface area contributed by atoms with Gasteiger partial charge in [0.25, 0.3) is 0 Å². The topological polar surface area (TPSA) is 111 Å². The highest BCUT2D eigenvalue weighted by Crippen LogP contribution is 2.38. The van der Waals surface area contributed by atoms with Gasteiger partial charge in [-0.2, -0.15) is 0 Å². The van der Waals surface area contributed by atoms with Gasteiger partial charge >= 0.3 is 12.1 Å². The lowest BCUT2D eigenvalue weighted by Gasteiger charge is -2.20. The summed E-state index contributed by atoms with van der Waals surface area (Å²) in [4.78, 5) is 40.7. The molecule has 0 radical (unpaired) electrons. The Morgan fingerprint density at radius 1 is 1.29 bits per heavy atom. The number of ether oxygens (including phenoxy) is 1. The predicted molar refractivity (Wildman–Crippen MR) is 111 cm³/mol. The number of pyridine rings is 2. The highest BCUT2D eigenvalue weighted by Gasteiger charge is 2.30. The van der Waals surface area contributed by atoms with Crippen LogP contribution in [0.25, 0.3) is 16.6 Å². The minimum Gasteiger partial charge on any atom is -0.477 e. The van der Waals surface area contributed by atoms with Gasteiger partial charge in [-0.25, -0.2) is 19.0 Å². The van der Waals surface area contributed by atoms with Crippen molar-refractivity contribution in [2.24, 2.45) is 0 Å². The van der Waals surface area contributed by atoms with Crippen LogP contribution < -0.4 is 10.7 Å². The van der Waals surface area contributed by atoms with Gasteiger partial charge in [0, 0.05) is 23.5 Å². The number of aromatic carboxylic acids is 1. The molecule has 1 saturated carbocycles. The molecule has 0 aromatic carbocycles. The van der Waals surface area contributed by atoms with Crippen LogP contribution >= 0.6 is 0 Å². The van der Waals surface area contributed by atoms with Gasteiger partial charge < -0.3 is 14.4 Å². The number of hydrogen-bond donors (Lipinski definition) is 2. The molecule has 31 heavy (non-hydrogen) atoms. The second-order valence-electron chi connectivity index (χ2n) is 8.94. The highest BCUT2D eigenvalue weighted by atomic mass is 19.1. The molecule has 4 rings (SSSR count). The molecule has 0 bridgehead atoms. The maximum Gasteiger partial charge on any atom is 0.411 e. The molecule has 2 heterocycles. The number of hydrogen-bond acceptors (Lipinski definition) is 5. The monoisotopic (exact) mass is 429 g/mol. The van der Waals surface area contributed by atoms with E-state index in [1.807, 2.05) is 0 Å².